The van der Waals surface area contributed by atoms with Gasteiger partial charge in [0, 0.05) is 32.8 Å². The number of halogens is 2. The van der Waals surface area contributed by atoms with Crippen molar-refractivity contribution in [1.82, 2.24) is 15.1 Å². The van der Waals surface area contributed by atoms with E-state index in [1.165, 1.54) is 6.07 Å². The minimum absolute atomic E-state index is 0.197. The highest BCUT2D eigenvalue weighted by Gasteiger charge is 2.04. The zero-order chi connectivity index (χ0) is 13.0. The van der Waals surface area contributed by atoms with Crippen LogP contribution in [0.5, 0.6) is 0 Å². The molecule has 0 saturated carbocycles. The van der Waals surface area contributed by atoms with Gasteiger partial charge in [-0.05, 0) is 17.7 Å². The van der Waals surface area contributed by atoms with Crippen molar-refractivity contribution in [3.8, 4) is 0 Å². The maximum atomic E-state index is 13.2. The van der Waals surface area contributed by atoms with Crippen LogP contribution in [0.2, 0.25) is 5.02 Å². The molecule has 0 aliphatic carbocycles. The van der Waals surface area contributed by atoms with Gasteiger partial charge in [0.25, 0.3) is 0 Å². The van der Waals surface area contributed by atoms with Crippen molar-refractivity contribution < 1.29 is 4.39 Å². The number of nitrogens with zero attached hydrogens (tertiary/aromatic N) is 2. The minimum atomic E-state index is -0.374. The molecule has 0 atom stereocenters. The molecule has 18 heavy (non-hydrogen) atoms. The molecule has 0 aliphatic rings. The normalized spacial score (nSPS) is 10.8. The van der Waals surface area contributed by atoms with E-state index < -0.39 is 0 Å². The Labute approximate surface area is 111 Å². The number of aryl methyl sites for hydroxylation is 1. The summed E-state index contributed by atoms with van der Waals surface area (Å²) in [6, 6.07) is 6.83. The Morgan fingerprint density at radius 3 is 2.94 bits per heavy atom. The average molecular weight is 268 g/mol. The summed E-state index contributed by atoms with van der Waals surface area (Å²) in [5.74, 6) is -0.374. The second kappa shape index (κ2) is 5.98. The highest BCUT2D eigenvalue weighted by atomic mass is 35.5. The van der Waals surface area contributed by atoms with Gasteiger partial charge in [-0.15, -0.1) is 0 Å². The van der Waals surface area contributed by atoms with Crippen LogP contribution >= 0.6 is 11.6 Å². The van der Waals surface area contributed by atoms with Crippen LogP contribution in [0, 0.1) is 5.82 Å². The second-order valence-electron chi connectivity index (χ2n) is 4.12. The van der Waals surface area contributed by atoms with Crippen LogP contribution in [-0.4, -0.2) is 16.3 Å². The van der Waals surface area contributed by atoms with E-state index in [0.717, 1.165) is 24.2 Å². The van der Waals surface area contributed by atoms with Gasteiger partial charge in [-0.3, -0.25) is 4.68 Å². The van der Waals surface area contributed by atoms with Crippen LogP contribution in [0.1, 0.15) is 11.3 Å². The summed E-state index contributed by atoms with van der Waals surface area (Å²) >= 11 is 5.86. The molecule has 0 amide bonds. The third-order valence-corrected chi connectivity index (χ3v) is 3.10. The van der Waals surface area contributed by atoms with E-state index in [-0.39, 0.29) is 10.8 Å². The van der Waals surface area contributed by atoms with Crippen molar-refractivity contribution in [2.24, 2.45) is 7.05 Å². The summed E-state index contributed by atoms with van der Waals surface area (Å²) in [5, 5.41) is 7.70. The Kier molecular flexibility index (Phi) is 4.33. The quantitative estimate of drug-likeness (QED) is 0.844. The van der Waals surface area contributed by atoms with E-state index in [1.54, 1.807) is 10.7 Å². The minimum Gasteiger partial charge on any atom is -0.312 e. The molecular weight excluding hydrogens is 253 g/mol. The Bertz CT molecular complexity index is 525. The molecule has 1 aromatic carbocycles. The van der Waals surface area contributed by atoms with Crippen LogP contribution in [0.4, 0.5) is 4.39 Å². The van der Waals surface area contributed by atoms with Crippen molar-refractivity contribution in [3.05, 3.63) is 52.6 Å². The lowest BCUT2D eigenvalue weighted by Gasteiger charge is -2.06. The van der Waals surface area contributed by atoms with E-state index in [0.29, 0.717) is 6.54 Å². The fourth-order valence-electron chi connectivity index (χ4n) is 1.72. The van der Waals surface area contributed by atoms with Gasteiger partial charge in [0.2, 0.25) is 0 Å². The lowest BCUT2D eigenvalue weighted by atomic mass is 10.2. The van der Waals surface area contributed by atoms with Crippen LogP contribution in [0.25, 0.3) is 0 Å². The molecule has 0 saturated heterocycles. The molecule has 0 unspecified atom stereocenters. The Morgan fingerprint density at radius 1 is 1.39 bits per heavy atom. The van der Waals surface area contributed by atoms with Gasteiger partial charge < -0.3 is 5.32 Å². The van der Waals surface area contributed by atoms with Crippen molar-refractivity contribution in [2.45, 2.75) is 13.0 Å². The number of benzene rings is 1. The van der Waals surface area contributed by atoms with Crippen molar-refractivity contribution in [2.75, 3.05) is 6.54 Å². The molecule has 1 N–H and O–H groups in total. The first-order valence-electron chi connectivity index (χ1n) is 5.79. The molecule has 0 spiro atoms. The molecule has 5 heteroatoms. The Hall–Kier alpha value is -1.39. The number of aromatic nitrogens is 2. The first-order valence-corrected chi connectivity index (χ1v) is 6.17. The molecule has 2 rings (SSSR count). The summed E-state index contributed by atoms with van der Waals surface area (Å²) in [6.07, 6.45) is 2.76. The molecule has 96 valence electrons. The van der Waals surface area contributed by atoms with Crippen LogP contribution in [0.15, 0.2) is 30.5 Å². The predicted molar refractivity (Wildman–Crippen MR) is 70.0 cm³/mol. The van der Waals surface area contributed by atoms with Crippen molar-refractivity contribution in [3.63, 3.8) is 0 Å². The molecule has 0 bridgehead atoms. The van der Waals surface area contributed by atoms with Gasteiger partial charge in [0.15, 0.2) is 0 Å². The first-order chi connectivity index (χ1) is 8.66. The molecule has 0 fully saturated rings. The number of nitrogens with one attached hydrogen (secondary N) is 1. The van der Waals surface area contributed by atoms with E-state index in [2.05, 4.69) is 10.4 Å². The molecule has 0 radical (unpaired) electrons. The lowest BCUT2D eigenvalue weighted by Crippen LogP contribution is -2.17. The summed E-state index contributed by atoms with van der Waals surface area (Å²) in [6.45, 7) is 1.34. The predicted octanol–water partition coefficient (Wildman–Crippen LogP) is 2.54. The number of hydrogen-bond acceptors (Lipinski definition) is 2. The van der Waals surface area contributed by atoms with Crippen LogP contribution in [-0.2, 0) is 20.0 Å². The zero-order valence-electron chi connectivity index (χ0n) is 10.2. The molecular formula is C13H15ClFN3. The van der Waals surface area contributed by atoms with Gasteiger partial charge >= 0.3 is 0 Å². The zero-order valence-corrected chi connectivity index (χ0v) is 10.9. The molecule has 0 aliphatic heterocycles. The highest BCUT2D eigenvalue weighted by molar-refractivity contribution is 6.31. The van der Waals surface area contributed by atoms with Crippen molar-refractivity contribution >= 4 is 11.6 Å². The second-order valence-corrected chi connectivity index (χ2v) is 4.50. The van der Waals surface area contributed by atoms with Crippen molar-refractivity contribution in [1.29, 1.82) is 0 Å². The Morgan fingerprint density at radius 2 is 2.22 bits per heavy atom. The molecule has 3 nitrogen and oxygen atoms in total. The summed E-state index contributed by atoms with van der Waals surface area (Å²) in [5.41, 5.74) is 1.81. The van der Waals surface area contributed by atoms with Crippen LogP contribution in [0.3, 0.4) is 0 Å². The fraction of sp³-hybridized carbons (Fsp3) is 0.308. The number of hydrogen-bond donors (Lipinski definition) is 1. The maximum absolute atomic E-state index is 13.2. The summed E-state index contributed by atoms with van der Waals surface area (Å²) in [7, 11) is 1.89. The summed E-state index contributed by atoms with van der Waals surface area (Å²) < 4.78 is 15.0. The monoisotopic (exact) mass is 267 g/mol. The van der Waals surface area contributed by atoms with E-state index in [1.807, 2.05) is 25.4 Å². The van der Waals surface area contributed by atoms with Gasteiger partial charge in [-0.1, -0.05) is 23.7 Å². The molecule has 2 aromatic rings. The van der Waals surface area contributed by atoms with Gasteiger partial charge in [0.1, 0.15) is 5.82 Å². The lowest BCUT2D eigenvalue weighted by molar-refractivity contribution is 0.619. The third-order valence-electron chi connectivity index (χ3n) is 2.67. The smallest absolute Gasteiger partial charge is 0.142 e. The van der Waals surface area contributed by atoms with E-state index in [4.69, 9.17) is 11.6 Å². The van der Waals surface area contributed by atoms with Crippen LogP contribution < -0.4 is 5.32 Å². The maximum Gasteiger partial charge on any atom is 0.142 e. The summed E-state index contributed by atoms with van der Waals surface area (Å²) in [4.78, 5) is 0. The Balaban J connectivity index is 1.80. The van der Waals surface area contributed by atoms with Gasteiger partial charge in [0.05, 0.1) is 10.7 Å². The average Bonchev–Trinajstić information content (AvgIpc) is 2.76. The SMILES string of the molecule is Cn1ccc(CCNCc2cccc(F)c2Cl)n1. The number of rotatable bonds is 5. The third kappa shape index (κ3) is 3.31. The largest absolute Gasteiger partial charge is 0.312 e. The highest BCUT2D eigenvalue weighted by Crippen LogP contribution is 2.19. The van der Waals surface area contributed by atoms with E-state index in [9.17, 15) is 4.39 Å². The van der Waals surface area contributed by atoms with Gasteiger partial charge in [-0.25, -0.2) is 4.39 Å². The van der Waals surface area contributed by atoms with E-state index >= 15 is 0 Å². The topological polar surface area (TPSA) is 29.9 Å². The molecule has 1 heterocycles. The molecule has 1 aromatic heterocycles. The first kappa shape index (κ1) is 13.1. The van der Waals surface area contributed by atoms with Gasteiger partial charge in [-0.2, -0.15) is 5.10 Å². The fourth-order valence-corrected chi connectivity index (χ4v) is 1.91. The standard InChI is InChI=1S/C13H15ClFN3/c1-18-8-6-11(17-18)5-7-16-9-10-3-2-4-12(15)13(10)14/h2-4,6,8,16H,5,7,9H2,1H3.